The average Bonchev–Trinajstić information content (AvgIpc) is 2.90. The second-order valence-electron chi connectivity index (χ2n) is 4.06. The minimum atomic E-state index is -0.667. The van der Waals surface area contributed by atoms with Crippen molar-refractivity contribution < 1.29 is 9.59 Å². The third-order valence-corrected chi connectivity index (χ3v) is 2.92. The molecule has 1 atom stereocenters. The van der Waals surface area contributed by atoms with Crippen LogP contribution >= 0.6 is 0 Å². The van der Waals surface area contributed by atoms with Crippen LogP contribution in [0.15, 0.2) is 30.3 Å². The molecule has 0 bridgehead atoms. The molecule has 6 nitrogen and oxygen atoms in total. The third-order valence-electron chi connectivity index (χ3n) is 2.92. The van der Waals surface area contributed by atoms with Crippen molar-refractivity contribution in [2.75, 3.05) is 24.7 Å². The highest BCUT2D eigenvalue weighted by atomic mass is 16.2. The maximum atomic E-state index is 11.6. The number of nitrogens with zero attached hydrogens (tertiary/aromatic N) is 2. The van der Waals surface area contributed by atoms with Crippen LogP contribution in [-0.2, 0) is 4.79 Å². The van der Waals surface area contributed by atoms with Gasteiger partial charge < -0.3 is 11.1 Å². The fourth-order valence-corrected chi connectivity index (χ4v) is 2.06. The number of anilines is 1. The van der Waals surface area contributed by atoms with Crippen LogP contribution in [-0.4, -0.2) is 43.1 Å². The van der Waals surface area contributed by atoms with Crippen LogP contribution in [0.1, 0.15) is 0 Å². The van der Waals surface area contributed by atoms with E-state index in [1.807, 2.05) is 11.0 Å². The van der Waals surface area contributed by atoms with Gasteiger partial charge in [-0.15, -0.1) is 0 Å². The highest BCUT2D eigenvalue weighted by molar-refractivity contribution is 5.94. The topological polar surface area (TPSA) is 78.7 Å². The smallest absolute Gasteiger partial charge is 0.320 e. The Labute approximate surface area is 105 Å². The van der Waals surface area contributed by atoms with Gasteiger partial charge in [-0.2, -0.15) is 0 Å². The zero-order chi connectivity index (χ0) is 13.0. The van der Waals surface area contributed by atoms with Crippen molar-refractivity contribution >= 4 is 18.0 Å². The molecule has 1 aromatic carbocycles. The Morgan fingerprint density at radius 2 is 2.17 bits per heavy atom. The lowest BCUT2D eigenvalue weighted by Gasteiger charge is -2.32. The maximum Gasteiger partial charge on any atom is 0.320 e. The molecule has 0 saturated carbocycles. The number of rotatable bonds is 4. The van der Waals surface area contributed by atoms with Crippen LogP contribution in [0.2, 0.25) is 0 Å². The summed E-state index contributed by atoms with van der Waals surface area (Å²) in [7, 11) is 0. The van der Waals surface area contributed by atoms with Gasteiger partial charge in [0.05, 0.1) is 6.67 Å². The maximum absolute atomic E-state index is 11.6. The second kappa shape index (κ2) is 5.61. The number of amides is 2. The molecule has 2 amide bonds. The Kier molecular flexibility index (Phi) is 3.91. The predicted molar refractivity (Wildman–Crippen MR) is 67.9 cm³/mol. The van der Waals surface area contributed by atoms with Crippen LogP contribution in [0, 0.1) is 0 Å². The second-order valence-corrected chi connectivity index (χ2v) is 4.06. The first-order chi connectivity index (χ1) is 8.74. The van der Waals surface area contributed by atoms with Crippen LogP contribution in [0.4, 0.5) is 10.5 Å². The van der Waals surface area contributed by atoms with Gasteiger partial charge in [-0.1, -0.05) is 18.2 Å². The number of urea groups is 1. The summed E-state index contributed by atoms with van der Waals surface area (Å²) in [6.07, 6.45) is 0.0741. The van der Waals surface area contributed by atoms with Gasteiger partial charge in [-0.05, 0) is 12.1 Å². The van der Waals surface area contributed by atoms with Gasteiger partial charge in [0.25, 0.3) is 0 Å². The highest BCUT2D eigenvalue weighted by Gasteiger charge is 2.30. The van der Waals surface area contributed by atoms with Gasteiger partial charge in [0.15, 0.2) is 6.29 Å². The van der Waals surface area contributed by atoms with E-state index in [9.17, 15) is 9.59 Å². The van der Waals surface area contributed by atoms with E-state index in [-0.39, 0.29) is 0 Å². The summed E-state index contributed by atoms with van der Waals surface area (Å²) < 4.78 is 0. The van der Waals surface area contributed by atoms with Gasteiger partial charge in [0.2, 0.25) is 0 Å². The predicted octanol–water partition coefficient (Wildman–Crippen LogP) is -0.0406. The first-order valence-corrected chi connectivity index (χ1v) is 5.78. The molecule has 0 aliphatic carbocycles. The molecular formula is C12H16N4O2. The van der Waals surface area contributed by atoms with Crippen LogP contribution in [0.3, 0.4) is 0 Å². The Morgan fingerprint density at radius 3 is 2.67 bits per heavy atom. The summed E-state index contributed by atoms with van der Waals surface area (Å²) in [5.74, 6) is 0. The van der Waals surface area contributed by atoms with E-state index < -0.39 is 12.2 Å². The molecule has 0 aromatic heterocycles. The summed E-state index contributed by atoms with van der Waals surface area (Å²) in [5, 5.41) is 3.12. The molecule has 96 valence electrons. The number of carbonyl (C=O) groups is 2. The first kappa shape index (κ1) is 12.5. The van der Waals surface area contributed by atoms with E-state index in [1.165, 1.54) is 4.90 Å². The minimum Gasteiger partial charge on any atom is -0.351 e. The molecule has 1 fully saturated rings. The zero-order valence-electron chi connectivity index (χ0n) is 9.95. The van der Waals surface area contributed by atoms with Crippen molar-refractivity contribution in [1.29, 1.82) is 0 Å². The van der Waals surface area contributed by atoms with Crippen molar-refractivity contribution in [3.8, 4) is 0 Å². The molecule has 0 spiro atoms. The van der Waals surface area contributed by atoms with Crippen molar-refractivity contribution in [3.05, 3.63) is 30.3 Å². The van der Waals surface area contributed by atoms with Gasteiger partial charge in [0, 0.05) is 18.8 Å². The normalized spacial score (nSPS) is 17.3. The summed E-state index contributed by atoms with van der Waals surface area (Å²) in [5.41, 5.74) is 6.01. The Morgan fingerprint density at radius 1 is 1.44 bits per heavy atom. The Balaban J connectivity index is 2.28. The highest BCUT2D eigenvalue weighted by Crippen LogP contribution is 2.18. The number of carbonyl (C=O) groups excluding carboxylic acids is 2. The standard InChI is InChI=1S/C12H16N4O2/c13-12(18)16(10-4-2-1-3-5-10)11(8-17)15-7-6-14-9-15/h1-5,8,11,14H,6-7,9H2,(H2,13,18). The minimum absolute atomic E-state index is 0.569. The van der Waals surface area contributed by atoms with Crippen molar-refractivity contribution in [2.24, 2.45) is 5.73 Å². The SMILES string of the molecule is NC(=O)N(c1ccccc1)C(C=O)N1CCNC1. The molecule has 1 aliphatic heterocycles. The lowest BCUT2D eigenvalue weighted by atomic mass is 10.2. The number of hydrogen-bond acceptors (Lipinski definition) is 4. The van der Waals surface area contributed by atoms with Crippen LogP contribution in [0.5, 0.6) is 0 Å². The van der Waals surface area contributed by atoms with Crippen molar-refractivity contribution in [2.45, 2.75) is 6.17 Å². The fraction of sp³-hybridized carbons (Fsp3) is 0.333. The largest absolute Gasteiger partial charge is 0.351 e. The number of nitrogens with two attached hydrogens (primary N) is 1. The van der Waals surface area contributed by atoms with Crippen LogP contribution < -0.4 is 16.0 Å². The number of primary amides is 1. The van der Waals surface area contributed by atoms with E-state index in [0.717, 1.165) is 12.8 Å². The average molecular weight is 248 g/mol. The number of para-hydroxylation sites is 1. The molecular weight excluding hydrogens is 232 g/mol. The summed E-state index contributed by atoms with van der Waals surface area (Å²) in [6.45, 7) is 2.08. The molecule has 1 aliphatic rings. The van der Waals surface area contributed by atoms with Crippen molar-refractivity contribution in [1.82, 2.24) is 10.2 Å². The fourth-order valence-electron chi connectivity index (χ4n) is 2.06. The van der Waals surface area contributed by atoms with Gasteiger partial charge in [-0.25, -0.2) is 4.79 Å². The van der Waals surface area contributed by atoms with E-state index in [4.69, 9.17) is 5.73 Å². The van der Waals surface area contributed by atoms with E-state index in [2.05, 4.69) is 5.32 Å². The summed E-state index contributed by atoms with van der Waals surface area (Å²) >= 11 is 0. The molecule has 1 heterocycles. The number of aldehydes is 1. The molecule has 3 N–H and O–H groups in total. The number of hydrogen-bond donors (Lipinski definition) is 2. The Bertz CT molecular complexity index is 417. The number of nitrogens with one attached hydrogen (secondary N) is 1. The Hall–Kier alpha value is -1.92. The van der Waals surface area contributed by atoms with E-state index in [0.29, 0.717) is 18.9 Å². The molecule has 2 rings (SSSR count). The zero-order valence-corrected chi connectivity index (χ0v) is 9.95. The van der Waals surface area contributed by atoms with Gasteiger partial charge >= 0.3 is 6.03 Å². The molecule has 18 heavy (non-hydrogen) atoms. The molecule has 0 radical (unpaired) electrons. The lowest BCUT2D eigenvalue weighted by molar-refractivity contribution is -0.111. The lowest BCUT2D eigenvalue weighted by Crippen LogP contribution is -2.53. The number of benzene rings is 1. The summed E-state index contributed by atoms with van der Waals surface area (Å²) in [4.78, 5) is 26.1. The quantitative estimate of drug-likeness (QED) is 0.733. The van der Waals surface area contributed by atoms with E-state index in [1.54, 1.807) is 24.3 Å². The molecule has 1 unspecified atom stereocenters. The monoisotopic (exact) mass is 248 g/mol. The summed E-state index contributed by atoms with van der Waals surface area (Å²) in [6, 6.07) is 8.32. The van der Waals surface area contributed by atoms with Crippen molar-refractivity contribution in [3.63, 3.8) is 0 Å². The molecule has 1 saturated heterocycles. The first-order valence-electron chi connectivity index (χ1n) is 5.78. The van der Waals surface area contributed by atoms with Crippen LogP contribution in [0.25, 0.3) is 0 Å². The third kappa shape index (κ3) is 2.49. The molecule has 1 aromatic rings. The molecule has 6 heteroatoms. The van der Waals surface area contributed by atoms with E-state index >= 15 is 0 Å². The van der Waals surface area contributed by atoms with Gasteiger partial charge in [-0.3, -0.25) is 14.6 Å². The van der Waals surface area contributed by atoms with Gasteiger partial charge in [0.1, 0.15) is 6.17 Å².